The highest BCUT2D eigenvalue weighted by molar-refractivity contribution is 9.10. The minimum absolute atomic E-state index is 0.252. The van der Waals surface area contributed by atoms with Crippen LogP contribution in [0.5, 0.6) is 0 Å². The lowest BCUT2D eigenvalue weighted by Crippen LogP contribution is -2.07. The Morgan fingerprint density at radius 1 is 1.41 bits per heavy atom. The van der Waals surface area contributed by atoms with E-state index in [-0.39, 0.29) is 5.56 Å². The van der Waals surface area contributed by atoms with Gasteiger partial charge in [-0.15, -0.1) is 6.58 Å². The van der Waals surface area contributed by atoms with E-state index in [2.05, 4.69) is 22.5 Å². The van der Waals surface area contributed by atoms with Gasteiger partial charge < -0.3 is 5.11 Å². The number of allylic oxidation sites excluding steroid dienone is 1. The number of halogens is 4. The number of hydrogen-bond acceptors (Lipinski definition) is 1. The summed E-state index contributed by atoms with van der Waals surface area (Å²) in [5.74, 6) is 0. The first kappa shape index (κ1) is 14.3. The van der Waals surface area contributed by atoms with Gasteiger partial charge in [0.2, 0.25) is 0 Å². The quantitative estimate of drug-likeness (QED) is 0.814. The Morgan fingerprint density at radius 3 is 2.59 bits per heavy atom. The van der Waals surface area contributed by atoms with E-state index in [0.29, 0.717) is 17.3 Å². The average Bonchev–Trinajstić information content (AvgIpc) is 2.24. The van der Waals surface area contributed by atoms with Crippen molar-refractivity contribution in [1.82, 2.24) is 0 Å². The lowest BCUT2D eigenvalue weighted by atomic mass is 10.0. The molecule has 1 aromatic carbocycles. The average molecular weight is 309 g/mol. The SMILES string of the molecule is C=CCCC(O)c1cc(C(F)(F)F)ccc1Br. The fourth-order valence-electron chi connectivity index (χ4n) is 1.41. The Balaban J connectivity index is 3.02. The molecule has 0 aromatic heterocycles. The Hall–Kier alpha value is -0.810. The Morgan fingerprint density at radius 2 is 2.06 bits per heavy atom. The summed E-state index contributed by atoms with van der Waals surface area (Å²) in [6.07, 6.45) is -2.81. The van der Waals surface area contributed by atoms with Crippen LogP contribution in [0, 0.1) is 0 Å². The predicted molar refractivity (Wildman–Crippen MR) is 63.5 cm³/mol. The van der Waals surface area contributed by atoms with E-state index in [0.717, 1.165) is 12.1 Å². The monoisotopic (exact) mass is 308 g/mol. The Labute approximate surface area is 106 Å². The summed E-state index contributed by atoms with van der Waals surface area (Å²) in [6, 6.07) is 3.25. The second-order valence-electron chi connectivity index (χ2n) is 3.62. The minimum Gasteiger partial charge on any atom is -0.388 e. The lowest BCUT2D eigenvalue weighted by Gasteiger charge is -2.15. The van der Waals surface area contributed by atoms with Crippen LogP contribution in [0.3, 0.4) is 0 Å². The van der Waals surface area contributed by atoms with Crippen molar-refractivity contribution in [2.24, 2.45) is 0 Å². The fraction of sp³-hybridized carbons (Fsp3) is 0.333. The summed E-state index contributed by atoms with van der Waals surface area (Å²) in [7, 11) is 0. The number of benzene rings is 1. The predicted octanol–water partition coefficient (Wildman–Crippen LogP) is 4.47. The van der Waals surface area contributed by atoms with Crippen LogP contribution in [-0.2, 0) is 6.18 Å². The molecule has 0 radical (unpaired) electrons. The zero-order valence-corrected chi connectivity index (χ0v) is 10.6. The van der Waals surface area contributed by atoms with E-state index in [9.17, 15) is 18.3 Å². The van der Waals surface area contributed by atoms with Crippen LogP contribution in [0.2, 0.25) is 0 Å². The molecule has 0 spiro atoms. The van der Waals surface area contributed by atoms with Crippen LogP contribution in [0.15, 0.2) is 35.3 Å². The molecule has 1 nitrogen and oxygen atoms in total. The normalized spacial score (nSPS) is 13.5. The molecule has 1 aromatic rings. The maximum Gasteiger partial charge on any atom is 0.416 e. The van der Waals surface area contributed by atoms with E-state index in [4.69, 9.17) is 0 Å². The molecule has 1 unspecified atom stereocenters. The van der Waals surface area contributed by atoms with E-state index >= 15 is 0 Å². The van der Waals surface area contributed by atoms with Crippen molar-refractivity contribution in [1.29, 1.82) is 0 Å². The second kappa shape index (κ2) is 5.69. The number of alkyl halides is 3. The van der Waals surface area contributed by atoms with Gasteiger partial charge in [-0.25, -0.2) is 0 Å². The molecule has 0 saturated heterocycles. The molecule has 0 amide bonds. The van der Waals surface area contributed by atoms with Gasteiger partial charge in [0.15, 0.2) is 0 Å². The molecule has 0 aliphatic carbocycles. The van der Waals surface area contributed by atoms with Gasteiger partial charge in [0, 0.05) is 4.47 Å². The van der Waals surface area contributed by atoms with Gasteiger partial charge in [-0.2, -0.15) is 13.2 Å². The maximum absolute atomic E-state index is 12.5. The summed E-state index contributed by atoms with van der Waals surface area (Å²) in [6.45, 7) is 3.50. The van der Waals surface area contributed by atoms with Gasteiger partial charge in [0.05, 0.1) is 11.7 Å². The molecule has 94 valence electrons. The molecule has 0 bridgehead atoms. The fourth-order valence-corrected chi connectivity index (χ4v) is 1.92. The zero-order valence-electron chi connectivity index (χ0n) is 8.97. The van der Waals surface area contributed by atoms with Crippen molar-refractivity contribution in [2.45, 2.75) is 25.1 Å². The van der Waals surface area contributed by atoms with Crippen molar-refractivity contribution < 1.29 is 18.3 Å². The Kier molecular flexibility index (Phi) is 4.77. The number of hydrogen-bond donors (Lipinski definition) is 1. The van der Waals surface area contributed by atoms with E-state index in [1.165, 1.54) is 6.07 Å². The third kappa shape index (κ3) is 3.85. The molecule has 0 fully saturated rings. The van der Waals surface area contributed by atoms with Crippen LogP contribution >= 0.6 is 15.9 Å². The largest absolute Gasteiger partial charge is 0.416 e. The number of aliphatic hydroxyl groups is 1. The molecule has 17 heavy (non-hydrogen) atoms. The third-order valence-corrected chi connectivity index (χ3v) is 3.05. The molecule has 1 rings (SSSR count). The van der Waals surface area contributed by atoms with E-state index < -0.39 is 17.8 Å². The standard InChI is InChI=1S/C12H12BrF3O/c1-2-3-4-11(17)9-7-8(12(14,15)16)5-6-10(9)13/h2,5-7,11,17H,1,3-4H2. The van der Waals surface area contributed by atoms with Crippen LogP contribution in [0.4, 0.5) is 13.2 Å². The topological polar surface area (TPSA) is 20.2 Å². The highest BCUT2D eigenvalue weighted by atomic mass is 79.9. The molecular formula is C12H12BrF3O. The molecule has 0 saturated carbocycles. The highest BCUT2D eigenvalue weighted by Gasteiger charge is 2.31. The summed E-state index contributed by atoms with van der Waals surface area (Å²) >= 11 is 3.14. The van der Waals surface area contributed by atoms with Gasteiger partial charge in [0.1, 0.15) is 0 Å². The summed E-state index contributed by atoms with van der Waals surface area (Å²) in [5.41, 5.74) is -0.505. The van der Waals surface area contributed by atoms with Crippen molar-refractivity contribution >= 4 is 15.9 Å². The molecule has 0 aliphatic heterocycles. The molecular weight excluding hydrogens is 297 g/mol. The second-order valence-corrected chi connectivity index (χ2v) is 4.47. The molecule has 1 N–H and O–H groups in total. The first-order valence-corrected chi connectivity index (χ1v) is 5.81. The lowest BCUT2D eigenvalue weighted by molar-refractivity contribution is -0.137. The molecule has 1 atom stereocenters. The van der Waals surface area contributed by atoms with Gasteiger partial charge in [-0.05, 0) is 36.6 Å². The minimum atomic E-state index is -4.40. The first-order valence-electron chi connectivity index (χ1n) is 5.02. The van der Waals surface area contributed by atoms with Crippen molar-refractivity contribution in [3.05, 3.63) is 46.5 Å². The molecule has 5 heteroatoms. The summed E-state index contributed by atoms with van der Waals surface area (Å²) in [4.78, 5) is 0. The highest BCUT2D eigenvalue weighted by Crippen LogP contribution is 2.34. The number of aliphatic hydroxyl groups excluding tert-OH is 1. The number of rotatable bonds is 4. The van der Waals surface area contributed by atoms with Crippen LogP contribution in [0.1, 0.15) is 30.1 Å². The van der Waals surface area contributed by atoms with Gasteiger partial charge in [0.25, 0.3) is 0 Å². The summed E-state index contributed by atoms with van der Waals surface area (Å²) < 4.78 is 38.0. The van der Waals surface area contributed by atoms with Gasteiger partial charge in [-0.1, -0.05) is 22.0 Å². The van der Waals surface area contributed by atoms with Gasteiger partial charge in [-0.3, -0.25) is 0 Å². The molecule has 0 aliphatic rings. The van der Waals surface area contributed by atoms with Crippen molar-refractivity contribution in [3.8, 4) is 0 Å². The molecule has 0 heterocycles. The van der Waals surface area contributed by atoms with Gasteiger partial charge >= 0.3 is 6.18 Å². The first-order chi connectivity index (χ1) is 7.86. The summed E-state index contributed by atoms with van der Waals surface area (Å²) in [5, 5.41) is 9.78. The van der Waals surface area contributed by atoms with Crippen molar-refractivity contribution in [2.75, 3.05) is 0 Å². The van der Waals surface area contributed by atoms with Crippen LogP contribution < -0.4 is 0 Å². The van der Waals surface area contributed by atoms with E-state index in [1.807, 2.05) is 0 Å². The smallest absolute Gasteiger partial charge is 0.388 e. The van der Waals surface area contributed by atoms with Crippen LogP contribution in [0.25, 0.3) is 0 Å². The van der Waals surface area contributed by atoms with E-state index in [1.54, 1.807) is 6.08 Å². The maximum atomic E-state index is 12.5. The zero-order chi connectivity index (χ0) is 13.1. The Bertz CT molecular complexity index is 401. The third-order valence-electron chi connectivity index (χ3n) is 2.33. The van der Waals surface area contributed by atoms with Crippen molar-refractivity contribution in [3.63, 3.8) is 0 Å². The van der Waals surface area contributed by atoms with Crippen LogP contribution in [-0.4, -0.2) is 5.11 Å².